The summed E-state index contributed by atoms with van der Waals surface area (Å²) < 4.78 is 31.8. The largest absolute Gasteiger partial charge is 0.493 e. The Kier molecular flexibility index (Phi) is 6.58. The zero-order valence-electron chi connectivity index (χ0n) is 20.1. The Morgan fingerprint density at radius 3 is 2.25 bits per heavy atom. The van der Waals surface area contributed by atoms with E-state index in [2.05, 4.69) is 9.88 Å². The highest BCUT2D eigenvalue weighted by atomic mass is 19.1. The van der Waals surface area contributed by atoms with Crippen LogP contribution in [0.5, 0.6) is 23.0 Å². The van der Waals surface area contributed by atoms with E-state index in [1.54, 1.807) is 44.7 Å². The SMILES string of the molecule is COc1cc2nccc(Oc3ccc(N4CCN(C(=O)c5ccccc5)CC4)cc3F)c2cc1OC. The van der Waals surface area contributed by atoms with Gasteiger partial charge < -0.3 is 24.0 Å². The highest BCUT2D eigenvalue weighted by Crippen LogP contribution is 2.37. The smallest absolute Gasteiger partial charge is 0.253 e. The molecule has 4 aromatic rings. The standard InChI is InChI=1S/C28H26FN3O4/c1-34-26-17-21-23(18-27(26)35-2)30-11-10-24(21)36-25-9-8-20(16-22(25)29)31-12-14-32(15-13-31)28(33)19-6-4-3-5-7-19/h3-11,16-18H,12-15H2,1-2H3. The van der Waals surface area contributed by atoms with Gasteiger partial charge in [-0.2, -0.15) is 0 Å². The number of carbonyl (C=O) groups is 1. The Balaban J connectivity index is 1.30. The predicted molar refractivity (Wildman–Crippen MR) is 136 cm³/mol. The Hall–Kier alpha value is -4.33. The van der Waals surface area contributed by atoms with E-state index in [0.717, 1.165) is 5.69 Å². The molecule has 36 heavy (non-hydrogen) atoms. The van der Waals surface area contributed by atoms with Crippen molar-refractivity contribution in [2.75, 3.05) is 45.3 Å². The summed E-state index contributed by atoms with van der Waals surface area (Å²) in [6.07, 6.45) is 1.60. The lowest BCUT2D eigenvalue weighted by Gasteiger charge is -2.36. The molecule has 1 amide bonds. The van der Waals surface area contributed by atoms with Gasteiger partial charge in [0.25, 0.3) is 5.91 Å². The van der Waals surface area contributed by atoms with E-state index in [-0.39, 0.29) is 11.7 Å². The van der Waals surface area contributed by atoms with Gasteiger partial charge in [0, 0.05) is 61.1 Å². The van der Waals surface area contributed by atoms with Gasteiger partial charge in [-0.05, 0) is 36.4 Å². The lowest BCUT2D eigenvalue weighted by Crippen LogP contribution is -2.48. The molecule has 2 heterocycles. The van der Waals surface area contributed by atoms with Crippen LogP contribution in [0, 0.1) is 5.82 Å². The molecule has 1 aliphatic rings. The fraction of sp³-hybridized carbons (Fsp3) is 0.214. The molecule has 0 N–H and O–H groups in total. The lowest BCUT2D eigenvalue weighted by atomic mass is 10.1. The summed E-state index contributed by atoms with van der Waals surface area (Å²) in [5.41, 5.74) is 2.07. The molecule has 1 aliphatic heterocycles. The molecular formula is C28H26FN3O4. The van der Waals surface area contributed by atoms with Gasteiger partial charge >= 0.3 is 0 Å². The molecule has 1 aromatic heterocycles. The van der Waals surface area contributed by atoms with E-state index in [1.807, 2.05) is 41.3 Å². The normalized spacial score (nSPS) is 13.5. The Morgan fingerprint density at radius 1 is 0.833 bits per heavy atom. The molecule has 184 valence electrons. The van der Waals surface area contributed by atoms with Crippen molar-refractivity contribution in [3.8, 4) is 23.0 Å². The number of pyridine rings is 1. The van der Waals surface area contributed by atoms with Gasteiger partial charge in [-0.1, -0.05) is 18.2 Å². The quantitative estimate of drug-likeness (QED) is 0.375. The molecule has 5 rings (SSSR count). The molecular weight excluding hydrogens is 461 g/mol. The first-order valence-electron chi connectivity index (χ1n) is 11.6. The molecule has 1 fully saturated rings. The predicted octanol–water partition coefficient (Wildman–Crippen LogP) is 5.15. The minimum absolute atomic E-state index is 0.0176. The van der Waals surface area contributed by atoms with Gasteiger partial charge in [0.1, 0.15) is 5.75 Å². The zero-order valence-corrected chi connectivity index (χ0v) is 20.1. The van der Waals surface area contributed by atoms with E-state index in [4.69, 9.17) is 14.2 Å². The lowest BCUT2D eigenvalue weighted by molar-refractivity contribution is 0.0746. The number of halogens is 1. The van der Waals surface area contributed by atoms with Crippen molar-refractivity contribution in [2.45, 2.75) is 0 Å². The fourth-order valence-electron chi connectivity index (χ4n) is 4.36. The fourth-order valence-corrected chi connectivity index (χ4v) is 4.36. The van der Waals surface area contributed by atoms with Crippen molar-refractivity contribution in [3.63, 3.8) is 0 Å². The van der Waals surface area contributed by atoms with Gasteiger partial charge in [-0.15, -0.1) is 0 Å². The first-order valence-corrected chi connectivity index (χ1v) is 11.6. The second kappa shape index (κ2) is 10.1. The number of ether oxygens (including phenoxy) is 3. The number of benzene rings is 3. The third-order valence-corrected chi connectivity index (χ3v) is 6.30. The average molecular weight is 488 g/mol. The summed E-state index contributed by atoms with van der Waals surface area (Å²) in [6.45, 7) is 2.38. The van der Waals surface area contributed by atoms with Crippen molar-refractivity contribution in [3.05, 3.63) is 84.3 Å². The number of methoxy groups -OCH3 is 2. The summed E-state index contributed by atoms with van der Waals surface area (Å²) in [6, 6.07) is 19.4. The molecule has 3 aromatic carbocycles. The number of piperazine rings is 1. The summed E-state index contributed by atoms with van der Waals surface area (Å²) in [5.74, 6) is 1.20. The number of hydrogen-bond acceptors (Lipinski definition) is 6. The summed E-state index contributed by atoms with van der Waals surface area (Å²) in [5, 5.41) is 0.679. The van der Waals surface area contributed by atoms with Crippen LogP contribution in [-0.4, -0.2) is 56.2 Å². The van der Waals surface area contributed by atoms with E-state index in [9.17, 15) is 4.79 Å². The monoisotopic (exact) mass is 487 g/mol. The van der Waals surface area contributed by atoms with Crippen LogP contribution in [0.4, 0.5) is 10.1 Å². The van der Waals surface area contributed by atoms with Crippen LogP contribution < -0.4 is 19.1 Å². The van der Waals surface area contributed by atoms with Gasteiger partial charge in [0.2, 0.25) is 0 Å². The Labute approximate surface area is 208 Å². The third kappa shape index (κ3) is 4.62. The molecule has 0 aliphatic carbocycles. The van der Waals surface area contributed by atoms with Crippen LogP contribution in [0.25, 0.3) is 10.9 Å². The number of rotatable bonds is 6. The van der Waals surface area contributed by atoms with E-state index in [0.29, 0.717) is 59.9 Å². The number of aromatic nitrogens is 1. The van der Waals surface area contributed by atoms with Crippen LogP contribution >= 0.6 is 0 Å². The Morgan fingerprint density at radius 2 is 1.56 bits per heavy atom. The van der Waals surface area contributed by atoms with Crippen molar-refractivity contribution < 1.29 is 23.4 Å². The van der Waals surface area contributed by atoms with Gasteiger partial charge in [-0.3, -0.25) is 9.78 Å². The average Bonchev–Trinajstić information content (AvgIpc) is 2.93. The highest BCUT2D eigenvalue weighted by molar-refractivity contribution is 5.94. The molecule has 0 radical (unpaired) electrons. The number of hydrogen-bond donors (Lipinski definition) is 0. The molecule has 0 bridgehead atoms. The summed E-state index contributed by atoms with van der Waals surface area (Å²) in [4.78, 5) is 21.0. The minimum Gasteiger partial charge on any atom is -0.493 e. The second-order valence-corrected chi connectivity index (χ2v) is 8.40. The van der Waals surface area contributed by atoms with Crippen molar-refractivity contribution >= 4 is 22.5 Å². The molecule has 0 atom stereocenters. The van der Waals surface area contributed by atoms with Crippen LogP contribution in [0.1, 0.15) is 10.4 Å². The molecule has 0 saturated carbocycles. The van der Waals surface area contributed by atoms with Crippen molar-refractivity contribution in [1.29, 1.82) is 0 Å². The summed E-state index contributed by atoms with van der Waals surface area (Å²) in [7, 11) is 3.11. The molecule has 1 saturated heterocycles. The van der Waals surface area contributed by atoms with Crippen molar-refractivity contribution in [2.24, 2.45) is 0 Å². The van der Waals surface area contributed by atoms with Gasteiger partial charge in [-0.25, -0.2) is 4.39 Å². The number of amides is 1. The molecule has 0 spiro atoms. The minimum atomic E-state index is -0.472. The van der Waals surface area contributed by atoms with E-state index >= 15 is 4.39 Å². The first-order chi connectivity index (χ1) is 17.6. The molecule has 8 heteroatoms. The topological polar surface area (TPSA) is 64.1 Å². The Bertz CT molecular complexity index is 1390. The maximum absolute atomic E-state index is 15.1. The third-order valence-electron chi connectivity index (χ3n) is 6.30. The molecule has 0 unspecified atom stereocenters. The maximum Gasteiger partial charge on any atom is 0.253 e. The first kappa shape index (κ1) is 23.4. The van der Waals surface area contributed by atoms with Crippen LogP contribution in [0.3, 0.4) is 0 Å². The zero-order chi connectivity index (χ0) is 25.1. The highest BCUT2D eigenvalue weighted by Gasteiger charge is 2.23. The number of carbonyl (C=O) groups excluding carboxylic acids is 1. The van der Waals surface area contributed by atoms with Crippen LogP contribution in [0.15, 0.2) is 72.9 Å². The van der Waals surface area contributed by atoms with E-state index < -0.39 is 5.82 Å². The summed E-state index contributed by atoms with van der Waals surface area (Å²) >= 11 is 0. The van der Waals surface area contributed by atoms with Crippen molar-refractivity contribution in [1.82, 2.24) is 9.88 Å². The number of fused-ring (bicyclic) bond motifs is 1. The van der Waals surface area contributed by atoms with E-state index in [1.165, 1.54) is 6.07 Å². The second-order valence-electron chi connectivity index (χ2n) is 8.40. The van der Waals surface area contributed by atoms with Gasteiger partial charge in [0.15, 0.2) is 23.1 Å². The van der Waals surface area contributed by atoms with Crippen LogP contribution in [0.2, 0.25) is 0 Å². The maximum atomic E-state index is 15.1. The molecule has 7 nitrogen and oxygen atoms in total. The van der Waals surface area contributed by atoms with Crippen LogP contribution in [-0.2, 0) is 0 Å². The number of anilines is 1. The van der Waals surface area contributed by atoms with Gasteiger partial charge in [0.05, 0.1) is 19.7 Å². The number of nitrogens with zero attached hydrogens (tertiary/aromatic N) is 3.